The molecule has 3 aromatic carbocycles. The quantitative estimate of drug-likeness (QED) is 0.507. The van der Waals surface area contributed by atoms with Gasteiger partial charge in [0.25, 0.3) is 5.91 Å². The van der Waals surface area contributed by atoms with E-state index in [0.717, 1.165) is 11.3 Å². The molecule has 0 aromatic heterocycles. The highest BCUT2D eigenvalue weighted by Gasteiger charge is 2.59. The number of anilines is 2. The average Bonchev–Trinajstić information content (AvgIpc) is 3.32. The van der Waals surface area contributed by atoms with E-state index in [9.17, 15) is 9.59 Å². The molecule has 2 aliphatic heterocycles. The van der Waals surface area contributed by atoms with Crippen molar-refractivity contribution in [2.75, 3.05) is 31.4 Å². The largest absolute Gasteiger partial charge is 0.497 e. The van der Waals surface area contributed by atoms with E-state index in [-0.39, 0.29) is 18.3 Å². The van der Waals surface area contributed by atoms with Crippen LogP contribution in [0.25, 0.3) is 5.57 Å². The summed E-state index contributed by atoms with van der Waals surface area (Å²) in [5.41, 5.74) is 8.55. The number of ether oxygens (including phenoxy) is 2. The highest BCUT2D eigenvalue weighted by molar-refractivity contribution is 6.23. The number of Topliss-reactive ketones (excluding diaryl/α,β-unsaturated/α-hetero) is 1. The van der Waals surface area contributed by atoms with Crippen LogP contribution in [0.1, 0.15) is 21.5 Å². The van der Waals surface area contributed by atoms with E-state index in [0.29, 0.717) is 33.7 Å². The minimum Gasteiger partial charge on any atom is -0.497 e. The number of nitrogens with two attached hydrogens (primary N) is 1. The summed E-state index contributed by atoms with van der Waals surface area (Å²) in [6.07, 6.45) is 0. The Bertz CT molecular complexity index is 1280. The van der Waals surface area contributed by atoms with E-state index in [2.05, 4.69) is 0 Å². The number of methoxy groups -OCH3 is 1. The Hall–Kier alpha value is -3.90. The summed E-state index contributed by atoms with van der Waals surface area (Å²) in [5.74, 6) is 0.141. The zero-order valence-electron chi connectivity index (χ0n) is 17.8. The van der Waals surface area contributed by atoms with E-state index in [1.807, 2.05) is 48.5 Å². The standard InChI is InChI=1S/C26H22N2O4/c1-28-22-9-4-3-8-21(22)26(25(28)30)23(24(29)17-6-5-7-18(27)14-17)20(15-32-26)16-10-12-19(31-2)13-11-16/h3-14H,15,27H2,1-2H3. The Morgan fingerprint density at radius 3 is 2.53 bits per heavy atom. The predicted octanol–water partition coefficient (Wildman–Crippen LogP) is 3.82. The van der Waals surface area contributed by atoms with Crippen LogP contribution < -0.4 is 15.4 Å². The molecule has 2 aliphatic rings. The second-order valence-corrected chi connectivity index (χ2v) is 7.89. The second kappa shape index (κ2) is 7.35. The molecule has 1 amide bonds. The highest BCUT2D eigenvalue weighted by Crippen LogP contribution is 2.53. The zero-order valence-corrected chi connectivity index (χ0v) is 17.8. The first-order valence-electron chi connectivity index (χ1n) is 10.3. The lowest BCUT2D eigenvalue weighted by Gasteiger charge is -2.25. The van der Waals surface area contributed by atoms with Crippen LogP contribution >= 0.6 is 0 Å². The van der Waals surface area contributed by atoms with Crippen LogP contribution in [0.15, 0.2) is 78.4 Å². The molecular formula is C26H22N2O4. The summed E-state index contributed by atoms with van der Waals surface area (Å²) in [7, 11) is 3.30. The molecule has 1 spiro atoms. The zero-order chi connectivity index (χ0) is 22.5. The number of rotatable bonds is 4. The van der Waals surface area contributed by atoms with Crippen molar-refractivity contribution in [2.45, 2.75) is 5.60 Å². The monoisotopic (exact) mass is 426 g/mol. The van der Waals surface area contributed by atoms with Crippen LogP contribution in [0.4, 0.5) is 11.4 Å². The Labute approximate surface area is 185 Å². The number of para-hydroxylation sites is 1. The number of fused-ring (bicyclic) bond motifs is 2. The van der Waals surface area contributed by atoms with E-state index in [1.54, 1.807) is 43.3 Å². The number of benzene rings is 3. The Morgan fingerprint density at radius 1 is 1.06 bits per heavy atom. The topological polar surface area (TPSA) is 81.9 Å². The van der Waals surface area contributed by atoms with Gasteiger partial charge in [-0.15, -0.1) is 0 Å². The van der Waals surface area contributed by atoms with Crippen molar-refractivity contribution in [1.82, 2.24) is 0 Å². The lowest BCUT2D eigenvalue weighted by molar-refractivity contribution is -0.134. The van der Waals surface area contributed by atoms with Crippen LogP contribution in [0, 0.1) is 0 Å². The van der Waals surface area contributed by atoms with Crippen molar-refractivity contribution in [2.24, 2.45) is 0 Å². The summed E-state index contributed by atoms with van der Waals surface area (Å²) in [6, 6.07) is 21.6. The van der Waals surface area contributed by atoms with Gasteiger partial charge in [-0.2, -0.15) is 0 Å². The maximum Gasteiger partial charge on any atom is 0.268 e. The molecule has 6 heteroatoms. The van der Waals surface area contributed by atoms with Crippen LogP contribution in [0.3, 0.4) is 0 Å². The van der Waals surface area contributed by atoms with Gasteiger partial charge in [-0.25, -0.2) is 0 Å². The van der Waals surface area contributed by atoms with Crippen LogP contribution in [0.2, 0.25) is 0 Å². The lowest BCUT2D eigenvalue weighted by Crippen LogP contribution is -2.42. The van der Waals surface area contributed by atoms with Gasteiger partial charge in [0.15, 0.2) is 5.78 Å². The molecule has 1 atom stereocenters. The molecule has 0 fully saturated rings. The number of amides is 1. The molecule has 2 N–H and O–H groups in total. The fourth-order valence-corrected chi connectivity index (χ4v) is 4.58. The lowest BCUT2D eigenvalue weighted by atomic mass is 9.80. The van der Waals surface area contributed by atoms with Crippen molar-refractivity contribution < 1.29 is 19.1 Å². The summed E-state index contributed by atoms with van der Waals surface area (Å²) >= 11 is 0. The normalized spacial score (nSPS) is 19.6. The van der Waals surface area contributed by atoms with E-state index in [1.165, 1.54) is 0 Å². The van der Waals surface area contributed by atoms with Crippen LogP contribution in [-0.4, -0.2) is 32.5 Å². The molecule has 0 saturated heterocycles. The Balaban J connectivity index is 1.77. The maximum absolute atomic E-state index is 13.9. The minimum atomic E-state index is -1.50. The summed E-state index contributed by atoms with van der Waals surface area (Å²) < 4.78 is 11.5. The van der Waals surface area contributed by atoms with Gasteiger partial charge in [-0.05, 0) is 41.5 Å². The first-order chi connectivity index (χ1) is 15.5. The van der Waals surface area contributed by atoms with E-state index in [4.69, 9.17) is 15.2 Å². The molecule has 6 nitrogen and oxygen atoms in total. The molecule has 32 heavy (non-hydrogen) atoms. The van der Waals surface area contributed by atoms with E-state index < -0.39 is 5.60 Å². The Kier molecular flexibility index (Phi) is 4.60. The van der Waals surface area contributed by atoms with Crippen molar-refractivity contribution >= 4 is 28.6 Å². The number of ketones is 1. The maximum atomic E-state index is 13.9. The molecule has 5 rings (SSSR count). The van der Waals surface area contributed by atoms with Gasteiger partial charge in [0, 0.05) is 23.9 Å². The number of hydrogen-bond donors (Lipinski definition) is 1. The van der Waals surface area contributed by atoms with Crippen molar-refractivity contribution in [3.63, 3.8) is 0 Å². The van der Waals surface area contributed by atoms with Crippen molar-refractivity contribution in [3.8, 4) is 5.75 Å². The first kappa shape index (κ1) is 20.0. The van der Waals surface area contributed by atoms with Gasteiger partial charge in [0.05, 0.1) is 25.0 Å². The number of carbonyl (C=O) groups is 2. The number of hydrogen-bond acceptors (Lipinski definition) is 5. The molecule has 0 radical (unpaired) electrons. The predicted molar refractivity (Wildman–Crippen MR) is 123 cm³/mol. The fourth-order valence-electron chi connectivity index (χ4n) is 4.58. The molecule has 0 aliphatic carbocycles. The SMILES string of the molecule is COc1ccc(C2=C(C(=O)c3cccc(N)c3)C3(OC2)C(=O)N(C)c2ccccc23)cc1. The van der Waals surface area contributed by atoms with E-state index >= 15 is 0 Å². The van der Waals surface area contributed by atoms with Crippen LogP contribution in [0.5, 0.6) is 5.75 Å². The van der Waals surface area contributed by atoms with Crippen molar-refractivity contribution in [3.05, 3.63) is 95.1 Å². The molecule has 160 valence electrons. The number of carbonyl (C=O) groups excluding carboxylic acids is 2. The third-order valence-electron chi connectivity index (χ3n) is 6.15. The van der Waals surface area contributed by atoms with Crippen LogP contribution in [-0.2, 0) is 15.1 Å². The van der Waals surface area contributed by atoms with Gasteiger partial charge >= 0.3 is 0 Å². The molecule has 0 saturated carbocycles. The second-order valence-electron chi connectivity index (χ2n) is 7.89. The summed E-state index contributed by atoms with van der Waals surface area (Å²) in [6.45, 7) is 0.129. The van der Waals surface area contributed by atoms with Gasteiger partial charge in [-0.3, -0.25) is 9.59 Å². The van der Waals surface area contributed by atoms with Gasteiger partial charge in [0.2, 0.25) is 5.60 Å². The molecule has 1 unspecified atom stereocenters. The van der Waals surface area contributed by atoms with Gasteiger partial charge < -0.3 is 20.1 Å². The summed E-state index contributed by atoms with van der Waals surface area (Å²) in [5, 5.41) is 0. The van der Waals surface area contributed by atoms with Crippen molar-refractivity contribution in [1.29, 1.82) is 0 Å². The third kappa shape index (κ3) is 2.77. The minimum absolute atomic E-state index is 0.129. The molecule has 2 heterocycles. The van der Waals surface area contributed by atoms with Gasteiger partial charge in [-0.1, -0.05) is 42.5 Å². The summed E-state index contributed by atoms with van der Waals surface area (Å²) in [4.78, 5) is 29.1. The Morgan fingerprint density at radius 2 is 1.81 bits per heavy atom. The first-order valence-corrected chi connectivity index (χ1v) is 10.3. The average molecular weight is 426 g/mol. The third-order valence-corrected chi connectivity index (χ3v) is 6.15. The number of nitrogens with zero attached hydrogens (tertiary/aromatic N) is 1. The smallest absolute Gasteiger partial charge is 0.268 e. The molecule has 3 aromatic rings. The fraction of sp³-hybridized carbons (Fsp3) is 0.154. The highest BCUT2D eigenvalue weighted by atomic mass is 16.5. The number of nitrogen functional groups attached to an aromatic ring is 1. The molecular weight excluding hydrogens is 404 g/mol. The van der Waals surface area contributed by atoms with Gasteiger partial charge in [0.1, 0.15) is 5.75 Å². The molecule has 0 bridgehead atoms. The number of likely N-dealkylation sites (N-methyl/N-ethyl adjacent to an activating group) is 1.